The third-order valence-electron chi connectivity index (χ3n) is 7.05. The van der Waals surface area contributed by atoms with Gasteiger partial charge in [-0.15, -0.1) is 0 Å². The van der Waals surface area contributed by atoms with E-state index in [9.17, 15) is 14.4 Å². The number of fused-ring (bicyclic) bond motifs is 2. The topological polar surface area (TPSA) is 82.9 Å². The Morgan fingerprint density at radius 1 is 1.17 bits per heavy atom. The van der Waals surface area contributed by atoms with Gasteiger partial charge in [0, 0.05) is 18.0 Å². The Bertz CT molecular complexity index is 980. The van der Waals surface area contributed by atoms with E-state index in [-0.39, 0.29) is 18.5 Å². The Balaban J connectivity index is 1.36. The Labute approximate surface area is 175 Å². The molecule has 1 N–H and O–H groups in total. The largest absolute Gasteiger partial charge is 0.458 e. The number of carbonyl (C=O) groups excluding carboxylic acids is 3. The van der Waals surface area contributed by atoms with Crippen LogP contribution in [0.3, 0.4) is 0 Å². The third kappa shape index (κ3) is 2.99. The number of carbonyl (C=O) groups is 3. The normalized spacial score (nSPS) is 29.2. The van der Waals surface area contributed by atoms with Crippen molar-refractivity contribution >= 4 is 28.8 Å². The lowest BCUT2D eigenvalue weighted by Gasteiger charge is -2.44. The molecule has 3 heterocycles. The van der Waals surface area contributed by atoms with E-state index >= 15 is 0 Å². The average Bonchev–Trinajstić information content (AvgIpc) is 3.29. The van der Waals surface area contributed by atoms with Crippen LogP contribution in [0.15, 0.2) is 34.7 Å². The van der Waals surface area contributed by atoms with Crippen LogP contribution in [0.1, 0.15) is 51.2 Å². The van der Waals surface area contributed by atoms with Crippen LogP contribution in [0.4, 0.5) is 4.79 Å². The van der Waals surface area contributed by atoms with Crippen LogP contribution >= 0.6 is 0 Å². The lowest BCUT2D eigenvalue weighted by atomic mass is 9.78. The fourth-order valence-corrected chi connectivity index (χ4v) is 5.40. The van der Waals surface area contributed by atoms with Crippen LogP contribution in [0, 0.1) is 5.92 Å². The van der Waals surface area contributed by atoms with E-state index in [2.05, 4.69) is 5.32 Å². The Hall–Kier alpha value is -2.83. The number of imide groups is 1. The molecule has 3 atom stereocenters. The summed E-state index contributed by atoms with van der Waals surface area (Å²) >= 11 is 0. The molecule has 158 valence electrons. The maximum atomic E-state index is 13.2. The van der Waals surface area contributed by atoms with Crippen LogP contribution in [0.25, 0.3) is 11.0 Å². The van der Waals surface area contributed by atoms with Crippen molar-refractivity contribution in [1.82, 2.24) is 15.1 Å². The first-order valence-corrected chi connectivity index (χ1v) is 10.9. The first-order valence-electron chi connectivity index (χ1n) is 10.9. The number of benzene rings is 1. The molecule has 3 aliphatic rings. The highest BCUT2D eigenvalue weighted by Crippen LogP contribution is 2.36. The summed E-state index contributed by atoms with van der Waals surface area (Å²) in [7, 11) is 0. The average molecular weight is 409 g/mol. The molecule has 7 nitrogen and oxygen atoms in total. The van der Waals surface area contributed by atoms with Gasteiger partial charge < -0.3 is 14.6 Å². The van der Waals surface area contributed by atoms with Gasteiger partial charge in [0.25, 0.3) is 5.91 Å². The van der Waals surface area contributed by atoms with Crippen LogP contribution in [0.5, 0.6) is 0 Å². The number of amides is 4. The molecule has 1 aliphatic carbocycles. The zero-order valence-corrected chi connectivity index (χ0v) is 17.2. The Morgan fingerprint density at radius 2 is 1.93 bits per heavy atom. The summed E-state index contributed by atoms with van der Waals surface area (Å²) in [6, 6.07) is 8.94. The summed E-state index contributed by atoms with van der Waals surface area (Å²) in [4.78, 5) is 42.0. The second-order valence-corrected chi connectivity index (χ2v) is 8.94. The van der Waals surface area contributed by atoms with E-state index in [1.165, 1.54) is 19.3 Å². The van der Waals surface area contributed by atoms with E-state index in [0.717, 1.165) is 29.5 Å². The number of likely N-dealkylation sites (tertiary alicyclic amines) is 1. The summed E-state index contributed by atoms with van der Waals surface area (Å²) in [5, 5.41) is 3.61. The van der Waals surface area contributed by atoms with Crippen molar-refractivity contribution in [1.29, 1.82) is 0 Å². The molecule has 3 fully saturated rings. The van der Waals surface area contributed by atoms with Gasteiger partial charge in [0.2, 0.25) is 5.91 Å². The van der Waals surface area contributed by atoms with Gasteiger partial charge >= 0.3 is 6.03 Å². The van der Waals surface area contributed by atoms with Crippen molar-refractivity contribution in [3.05, 3.63) is 36.1 Å². The number of nitrogens with one attached hydrogen (secondary N) is 1. The van der Waals surface area contributed by atoms with E-state index < -0.39 is 17.5 Å². The number of para-hydroxylation sites is 1. The zero-order valence-electron chi connectivity index (χ0n) is 17.2. The number of nitrogens with zero attached hydrogens (tertiary/aromatic N) is 2. The van der Waals surface area contributed by atoms with Crippen molar-refractivity contribution < 1.29 is 18.8 Å². The highest BCUT2D eigenvalue weighted by Gasteiger charge is 2.52. The molecule has 2 aliphatic heterocycles. The van der Waals surface area contributed by atoms with Gasteiger partial charge in [-0.25, -0.2) is 4.79 Å². The van der Waals surface area contributed by atoms with Gasteiger partial charge in [0.05, 0.1) is 0 Å². The summed E-state index contributed by atoms with van der Waals surface area (Å²) < 4.78 is 5.86. The standard InChI is InChI=1S/C23H27N3O4/c1-23(19-13-16-8-3-5-11-18(16)30-19)21(28)26(22(29)24-23)14-20(27)25-12-6-9-15-7-2-4-10-17(15)25/h3,5,8,11,13,15,17H,2,4,6-7,9-10,12,14H2,1H3,(H,24,29)/t15-,17+,23+/m0/s1. The number of hydrogen-bond acceptors (Lipinski definition) is 4. The SMILES string of the molecule is C[C@]1(c2cc3ccccc3o2)NC(=O)N(CC(=O)N2CCC[C@@H]3CCCC[C@H]32)C1=O. The molecule has 0 spiro atoms. The fourth-order valence-electron chi connectivity index (χ4n) is 5.40. The van der Waals surface area contributed by atoms with E-state index in [4.69, 9.17) is 4.42 Å². The fraction of sp³-hybridized carbons (Fsp3) is 0.522. The minimum atomic E-state index is -1.31. The molecule has 7 heteroatoms. The van der Waals surface area contributed by atoms with Gasteiger partial charge in [0.15, 0.2) is 5.54 Å². The monoisotopic (exact) mass is 409 g/mol. The highest BCUT2D eigenvalue weighted by atomic mass is 16.3. The Kier molecular flexibility index (Phi) is 4.56. The van der Waals surface area contributed by atoms with Crippen molar-refractivity contribution in [3.63, 3.8) is 0 Å². The van der Waals surface area contributed by atoms with E-state index in [1.807, 2.05) is 29.2 Å². The smallest absolute Gasteiger partial charge is 0.325 e. The zero-order chi connectivity index (χ0) is 20.9. The summed E-state index contributed by atoms with van der Waals surface area (Å²) in [6.45, 7) is 2.13. The van der Waals surface area contributed by atoms with Crippen molar-refractivity contribution in [2.75, 3.05) is 13.1 Å². The molecule has 5 rings (SSSR count). The van der Waals surface area contributed by atoms with Gasteiger partial charge in [-0.05, 0) is 50.7 Å². The second kappa shape index (κ2) is 7.15. The second-order valence-electron chi connectivity index (χ2n) is 8.94. The van der Waals surface area contributed by atoms with Crippen LogP contribution in [-0.4, -0.2) is 46.8 Å². The van der Waals surface area contributed by atoms with Crippen molar-refractivity contribution in [2.24, 2.45) is 5.92 Å². The lowest BCUT2D eigenvalue weighted by Crippen LogP contribution is -2.53. The summed E-state index contributed by atoms with van der Waals surface area (Å²) in [5.41, 5.74) is -0.659. The minimum absolute atomic E-state index is 0.135. The molecule has 0 unspecified atom stereocenters. The number of rotatable bonds is 3. The van der Waals surface area contributed by atoms with Gasteiger partial charge in [-0.1, -0.05) is 31.0 Å². The van der Waals surface area contributed by atoms with Crippen LogP contribution in [-0.2, 0) is 15.1 Å². The van der Waals surface area contributed by atoms with Gasteiger partial charge in [0.1, 0.15) is 17.9 Å². The molecule has 2 saturated heterocycles. The number of urea groups is 1. The molecule has 0 radical (unpaired) electrons. The van der Waals surface area contributed by atoms with E-state index in [0.29, 0.717) is 23.8 Å². The third-order valence-corrected chi connectivity index (χ3v) is 7.05. The molecule has 2 aromatic rings. The first-order chi connectivity index (χ1) is 14.5. The Morgan fingerprint density at radius 3 is 2.77 bits per heavy atom. The predicted octanol–water partition coefficient (Wildman–Crippen LogP) is 3.38. The number of hydrogen-bond donors (Lipinski definition) is 1. The first kappa shape index (κ1) is 19.2. The van der Waals surface area contributed by atoms with Crippen LogP contribution in [0.2, 0.25) is 0 Å². The summed E-state index contributed by atoms with van der Waals surface area (Å²) in [5.74, 6) is 0.351. The molecule has 1 aromatic heterocycles. The maximum Gasteiger partial charge on any atom is 0.325 e. The van der Waals surface area contributed by atoms with Crippen LogP contribution < -0.4 is 5.32 Å². The van der Waals surface area contributed by atoms with Gasteiger partial charge in [-0.2, -0.15) is 0 Å². The molecule has 30 heavy (non-hydrogen) atoms. The van der Waals surface area contributed by atoms with Crippen molar-refractivity contribution in [2.45, 2.75) is 57.0 Å². The molecular weight excluding hydrogens is 382 g/mol. The van der Waals surface area contributed by atoms with E-state index in [1.54, 1.807) is 13.0 Å². The predicted molar refractivity (Wildman–Crippen MR) is 111 cm³/mol. The molecule has 1 saturated carbocycles. The minimum Gasteiger partial charge on any atom is -0.458 e. The number of furan rings is 1. The quantitative estimate of drug-likeness (QED) is 0.788. The molecule has 4 amide bonds. The molecular formula is C23H27N3O4. The van der Waals surface area contributed by atoms with Gasteiger partial charge in [-0.3, -0.25) is 14.5 Å². The maximum absolute atomic E-state index is 13.2. The molecule has 1 aromatic carbocycles. The summed E-state index contributed by atoms with van der Waals surface area (Å²) in [6.07, 6.45) is 6.71. The number of piperidine rings is 1. The highest BCUT2D eigenvalue weighted by molar-refractivity contribution is 6.09. The lowest BCUT2D eigenvalue weighted by molar-refractivity contribution is -0.143. The van der Waals surface area contributed by atoms with Crippen molar-refractivity contribution in [3.8, 4) is 0 Å². The molecule has 0 bridgehead atoms.